The van der Waals surface area contributed by atoms with Crippen LogP contribution in [0.15, 0.2) is 29.2 Å². The molecule has 0 aromatic heterocycles. The molecule has 0 saturated carbocycles. The molecule has 0 unspecified atom stereocenters. The number of carbonyl (C=O) groups is 1. The number of rotatable bonds is 6. The van der Waals surface area contributed by atoms with Crippen molar-refractivity contribution in [2.45, 2.75) is 24.7 Å². The van der Waals surface area contributed by atoms with Crippen molar-refractivity contribution in [1.29, 1.82) is 0 Å². The smallest absolute Gasteiger partial charge is 0.409 e. The van der Waals surface area contributed by atoms with Gasteiger partial charge in [-0.3, -0.25) is 5.32 Å². The zero-order valence-corrected chi connectivity index (χ0v) is 10.8. The summed E-state index contributed by atoms with van der Waals surface area (Å²) in [6.45, 7) is 2.37. The van der Waals surface area contributed by atoms with Crippen LogP contribution in [-0.2, 0) is 10.0 Å². The van der Waals surface area contributed by atoms with E-state index in [2.05, 4.69) is 10.0 Å². The topological polar surface area (TPSA) is 95.5 Å². The highest BCUT2D eigenvalue weighted by molar-refractivity contribution is 7.89. The number of anilines is 1. The highest BCUT2D eigenvalue weighted by Crippen LogP contribution is 2.13. The largest absolute Gasteiger partial charge is 0.465 e. The highest BCUT2D eigenvalue weighted by Gasteiger charge is 2.12. The second-order valence-corrected chi connectivity index (χ2v) is 5.47. The van der Waals surface area contributed by atoms with Gasteiger partial charge in [-0.25, -0.2) is 17.9 Å². The maximum absolute atomic E-state index is 11.8. The van der Waals surface area contributed by atoms with Gasteiger partial charge in [0.2, 0.25) is 10.0 Å². The molecule has 100 valence electrons. The Morgan fingerprint density at radius 1 is 1.28 bits per heavy atom. The minimum atomic E-state index is -3.50. The van der Waals surface area contributed by atoms with Crippen LogP contribution in [0.3, 0.4) is 0 Å². The molecule has 0 heterocycles. The van der Waals surface area contributed by atoms with Crippen molar-refractivity contribution in [3.05, 3.63) is 24.3 Å². The van der Waals surface area contributed by atoms with Crippen LogP contribution in [0.1, 0.15) is 19.8 Å². The van der Waals surface area contributed by atoms with Gasteiger partial charge >= 0.3 is 6.09 Å². The first-order valence-electron chi connectivity index (χ1n) is 5.55. The fraction of sp³-hybridized carbons (Fsp3) is 0.364. The van der Waals surface area contributed by atoms with Crippen molar-refractivity contribution >= 4 is 21.8 Å². The van der Waals surface area contributed by atoms with Gasteiger partial charge in [-0.2, -0.15) is 0 Å². The van der Waals surface area contributed by atoms with Crippen LogP contribution in [0.2, 0.25) is 0 Å². The zero-order chi connectivity index (χ0) is 13.6. The summed E-state index contributed by atoms with van der Waals surface area (Å²) in [4.78, 5) is 10.5. The van der Waals surface area contributed by atoms with Crippen LogP contribution in [0.5, 0.6) is 0 Å². The normalized spacial score (nSPS) is 11.2. The van der Waals surface area contributed by atoms with Gasteiger partial charge in [-0.05, 0) is 30.7 Å². The van der Waals surface area contributed by atoms with Crippen LogP contribution in [0, 0.1) is 0 Å². The molecule has 1 amide bonds. The average molecular weight is 272 g/mol. The van der Waals surface area contributed by atoms with Crippen LogP contribution < -0.4 is 10.0 Å². The molecule has 0 spiro atoms. The minimum absolute atomic E-state index is 0.120. The van der Waals surface area contributed by atoms with E-state index in [0.717, 1.165) is 12.8 Å². The number of carboxylic acid groups (broad SMARTS) is 1. The van der Waals surface area contributed by atoms with Crippen LogP contribution in [0.4, 0.5) is 10.5 Å². The van der Waals surface area contributed by atoms with Gasteiger partial charge < -0.3 is 5.11 Å². The maximum Gasteiger partial charge on any atom is 0.409 e. The average Bonchev–Trinajstić information content (AvgIpc) is 2.29. The van der Waals surface area contributed by atoms with E-state index in [1.54, 1.807) is 0 Å². The third-order valence-electron chi connectivity index (χ3n) is 2.24. The third-order valence-corrected chi connectivity index (χ3v) is 3.72. The molecule has 18 heavy (non-hydrogen) atoms. The number of amides is 1. The summed E-state index contributed by atoms with van der Waals surface area (Å²) in [5.41, 5.74) is 0.329. The van der Waals surface area contributed by atoms with Crippen molar-refractivity contribution in [2.75, 3.05) is 11.9 Å². The predicted octanol–water partition coefficient (Wildman–Crippen LogP) is 1.85. The van der Waals surface area contributed by atoms with Gasteiger partial charge in [0.1, 0.15) is 0 Å². The van der Waals surface area contributed by atoms with Crippen molar-refractivity contribution in [2.24, 2.45) is 0 Å². The van der Waals surface area contributed by atoms with Gasteiger partial charge in [-0.15, -0.1) is 0 Å². The maximum atomic E-state index is 11.8. The van der Waals surface area contributed by atoms with Crippen molar-refractivity contribution in [3.63, 3.8) is 0 Å². The number of sulfonamides is 1. The lowest BCUT2D eigenvalue weighted by atomic mass is 10.3. The number of nitrogens with one attached hydrogen (secondary N) is 2. The van der Waals surface area contributed by atoms with E-state index >= 15 is 0 Å². The Labute approximate surface area is 106 Å². The molecule has 0 atom stereocenters. The molecule has 7 heteroatoms. The summed E-state index contributed by atoms with van der Waals surface area (Å²) in [5, 5.41) is 10.6. The van der Waals surface area contributed by atoms with Crippen molar-refractivity contribution < 1.29 is 18.3 Å². The van der Waals surface area contributed by atoms with E-state index in [1.165, 1.54) is 24.3 Å². The first kappa shape index (κ1) is 14.5. The van der Waals surface area contributed by atoms with E-state index in [0.29, 0.717) is 12.2 Å². The van der Waals surface area contributed by atoms with E-state index < -0.39 is 16.1 Å². The second-order valence-electron chi connectivity index (χ2n) is 3.71. The van der Waals surface area contributed by atoms with Crippen LogP contribution in [0.25, 0.3) is 0 Å². The van der Waals surface area contributed by atoms with Crippen molar-refractivity contribution in [3.8, 4) is 0 Å². The van der Waals surface area contributed by atoms with Crippen molar-refractivity contribution in [1.82, 2.24) is 4.72 Å². The van der Waals surface area contributed by atoms with E-state index in [9.17, 15) is 13.2 Å². The highest BCUT2D eigenvalue weighted by atomic mass is 32.2. The first-order valence-corrected chi connectivity index (χ1v) is 7.03. The van der Waals surface area contributed by atoms with E-state index in [4.69, 9.17) is 5.11 Å². The molecule has 1 rings (SSSR count). The molecule has 0 aliphatic rings. The Kier molecular flexibility index (Phi) is 5.11. The molecule has 1 aromatic carbocycles. The monoisotopic (exact) mass is 272 g/mol. The summed E-state index contributed by atoms with van der Waals surface area (Å²) in [6, 6.07) is 5.53. The summed E-state index contributed by atoms with van der Waals surface area (Å²) < 4.78 is 26.1. The molecule has 0 fully saturated rings. The number of unbranched alkanes of at least 4 members (excludes halogenated alkanes) is 1. The first-order chi connectivity index (χ1) is 8.45. The van der Waals surface area contributed by atoms with Gasteiger partial charge in [0.15, 0.2) is 0 Å². The predicted molar refractivity (Wildman–Crippen MR) is 68.2 cm³/mol. The molecular formula is C11H16N2O4S. The Bertz CT molecular complexity index is 496. The Morgan fingerprint density at radius 2 is 1.89 bits per heavy atom. The molecule has 0 aliphatic heterocycles. The summed E-state index contributed by atoms with van der Waals surface area (Å²) in [5.74, 6) is 0. The van der Waals surface area contributed by atoms with Gasteiger partial charge in [0.25, 0.3) is 0 Å². The van der Waals surface area contributed by atoms with Crippen LogP contribution >= 0.6 is 0 Å². The van der Waals surface area contributed by atoms with E-state index in [1.807, 2.05) is 6.92 Å². The summed E-state index contributed by atoms with van der Waals surface area (Å²) >= 11 is 0. The lowest BCUT2D eigenvalue weighted by Gasteiger charge is -2.07. The number of hydrogen-bond acceptors (Lipinski definition) is 3. The van der Waals surface area contributed by atoms with Crippen LogP contribution in [-0.4, -0.2) is 26.2 Å². The number of benzene rings is 1. The molecule has 0 bridgehead atoms. The summed E-state index contributed by atoms with van der Waals surface area (Å²) in [7, 11) is -3.50. The molecular weight excluding hydrogens is 256 g/mol. The molecule has 3 N–H and O–H groups in total. The lowest BCUT2D eigenvalue weighted by molar-refractivity contribution is 0.209. The van der Waals surface area contributed by atoms with Gasteiger partial charge in [-0.1, -0.05) is 13.3 Å². The van der Waals surface area contributed by atoms with Gasteiger partial charge in [0.05, 0.1) is 4.90 Å². The molecule has 0 aliphatic carbocycles. The second kappa shape index (κ2) is 6.36. The fourth-order valence-corrected chi connectivity index (χ4v) is 2.38. The standard InChI is InChI=1S/C11H16N2O4S/c1-2-3-8-12-18(16,17)10-6-4-9(5-7-10)13-11(14)15/h4-7,12-13H,2-3,8H2,1H3,(H,14,15). The zero-order valence-electron chi connectivity index (χ0n) is 10.0. The Balaban J connectivity index is 2.74. The minimum Gasteiger partial charge on any atom is -0.465 e. The Morgan fingerprint density at radius 3 is 2.39 bits per heavy atom. The molecule has 0 radical (unpaired) electrons. The lowest BCUT2D eigenvalue weighted by Crippen LogP contribution is -2.24. The SMILES string of the molecule is CCCCNS(=O)(=O)c1ccc(NC(=O)O)cc1. The molecule has 0 saturated heterocycles. The molecule has 1 aromatic rings. The number of hydrogen-bond donors (Lipinski definition) is 3. The third kappa shape index (κ3) is 4.34. The molecule has 6 nitrogen and oxygen atoms in total. The Hall–Kier alpha value is -1.60. The quantitative estimate of drug-likeness (QED) is 0.689. The van der Waals surface area contributed by atoms with Gasteiger partial charge in [0, 0.05) is 12.2 Å². The van der Waals surface area contributed by atoms with E-state index in [-0.39, 0.29) is 4.90 Å². The summed E-state index contributed by atoms with van der Waals surface area (Å²) in [6.07, 6.45) is 0.494. The fourth-order valence-electron chi connectivity index (χ4n) is 1.31.